The fourth-order valence-corrected chi connectivity index (χ4v) is 8.35. The zero-order valence-corrected chi connectivity index (χ0v) is 22.2. The Bertz CT molecular complexity index is 1760. The molecule has 0 amide bonds. The third-order valence-electron chi connectivity index (χ3n) is 10.0. The van der Waals surface area contributed by atoms with E-state index in [9.17, 15) is 0 Å². The van der Waals surface area contributed by atoms with Crippen molar-refractivity contribution in [2.24, 2.45) is 5.41 Å². The standard InChI is InChI=1S/C33H28N6/c1-32-23-14-8-10-16-25(23)39-29-28(34-17-18-35-29)38(21-11-5-4-6-12-21)31(39)33(32,2)27-26(32)22-13-7-9-15-24(22)37-20-19-36(3)30(27)37/h4-20,30-31H,1-3H3. The topological polar surface area (TPSA) is 38.7 Å². The average molecular weight is 509 g/mol. The molecular formula is C33H28N6. The lowest BCUT2D eigenvalue weighted by atomic mass is 9.40. The first-order valence-corrected chi connectivity index (χ1v) is 13.6. The van der Waals surface area contributed by atoms with E-state index in [0.29, 0.717) is 0 Å². The Morgan fingerprint density at radius 2 is 1.38 bits per heavy atom. The van der Waals surface area contributed by atoms with E-state index >= 15 is 0 Å². The van der Waals surface area contributed by atoms with Crippen molar-refractivity contribution >= 4 is 34.3 Å². The van der Waals surface area contributed by atoms with Crippen molar-refractivity contribution in [3.05, 3.63) is 120 Å². The molecule has 1 aliphatic carbocycles. The smallest absolute Gasteiger partial charge is 0.178 e. The number of fused-ring (bicyclic) bond motifs is 15. The molecule has 9 rings (SSSR count). The second-order valence-corrected chi connectivity index (χ2v) is 11.5. The van der Waals surface area contributed by atoms with Crippen molar-refractivity contribution < 1.29 is 0 Å². The van der Waals surface area contributed by atoms with Crippen molar-refractivity contribution in [2.75, 3.05) is 21.7 Å². The molecule has 0 bridgehead atoms. The van der Waals surface area contributed by atoms with Gasteiger partial charge in [-0.25, -0.2) is 9.97 Å². The first-order chi connectivity index (χ1) is 19.1. The van der Waals surface area contributed by atoms with Crippen LogP contribution in [0, 0.1) is 5.41 Å². The van der Waals surface area contributed by atoms with E-state index in [2.05, 4.69) is 132 Å². The molecule has 5 heterocycles. The molecule has 4 unspecified atom stereocenters. The number of allylic oxidation sites excluding steroid dienone is 1. The van der Waals surface area contributed by atoms with Gasteiger partial charge in [-0.2, -0.15) is 0 Å². The van der Waals surface area contributed by atoms with Gasteiger partial charge in [-0.3, -0.25) is 0 Å². The first kappa shape index (κ1) is 21.4. The number of aromatic nitrogens is 2. The van der Waals surface area contributed by atoms with Crippen molar-refractivity contribution in [2.45, 2.75) is 31.6 Å². The second kappa shape index (κ2) is 6.89. The molecule has 39 heavy (non-hydrogen) atoms. The fraction of sp³-hybridized carbons (Fsp3) is 0.212. The largest absolute Gasteiger partial charge is 0.355 e. The number of nitrogens with zero attached hydrogens (tertiary/aromatic N) is 6. The summed E-state index contributed by atoms with van der Waals surface area (Å²) >= 11 is 0. The Morgan fingerprint density at radius 1 is 0.718 bits per heavy atom. The van der Waals surface area contributed by atoms with Gasteiger partial charge in [0.15, 0.2) is 11.6 Å². The van der Waals surface area contributed by atoms with Crippen LogP contribution in [0.4, 0.5) is 28.7 Å². The highest BCUT2D eigenvalue weighted by molar-refractivity contribution is 6.01. The van der Waals surface area contributed by atoms with E-state index in [1.807, 2.05) is 12.4 Å². The Morgan fingerprint density at radius 3 is 2.18 bits per heavy atom. The molecule has 6 nitrogen and oxygen atoms in total. The van der Waals surface area contributed by atoms with Gasteiger partial charge in [0.2, 0.25) is 0 Å². The summed E-state index contributed by atoms with van der Waals surface area (Å²) < 4.78 is 0. The number of hydrogen-bond donors (Lipinski definition) is 0. The van der Waals surface area contributed by atoms with E-state index in [0.717, 1.165) is 17.3 Å². The zero-order chi connectivity index (χ0) is 26.1. The summed E-state index contributed by atoms with van der Waals surface area (Å²) in [7, 11) is 2.20. The minimum absolute atomic E-state index is 0.0305. The third-order valence-corrected chi connectivity index (χ3v) is 10.0. The summed E-state index contributed by atoms with van der Waals surface area (Å²) in [6.45, 7) is 4.96. The highest BCUT2D eigenvalue weighted by atomic mass is 15.5. The monoisotopic (exact) mass is 508 g/mol. The number of rotatable bonds is 1. The van der Waals surface area contributed by atoms with Gasteiger partial charge in [-0.05, 0) is 41.0 Å². The minimum Gasteiger partial charge on any atom is -0.355 e. The number of para-hydroxylation sites is 3. The van der Waals surface area contributed by atoms with Gasteiger partial charge in [0.05, 0.1) is 5.69 Å². The quantitative estimate of drug-likeness (QED) is 0.296. The predicted molar refractivity (Wildman–Crippen MR) is 155 cm³/mol. The van der Waals surface area contributed by atoms with Gasteiger partial charge in [0.1, 0.15) is 12.3 Å². The molecule has 0 N–H and O–H groups in total. The van der Waals surface area contributed by atoms with Gasteiger partial charge >= 0.3 is 0 Å². The lowest BCUT2D eigenvalue weighted by molar-refractivity contribution is 0.136. The maximum atomic E-state index is 4.95. The van der Waals surface area contributed by atoms with Crippen molar-refractivity contribution in [3.63, 3.8) is 0 Å². The lowest BCUT2D eigenvalue weighted by Crippen LogP contribution is -2.72. The lowest BCUT2D eigenvalue weighted by Gasteiger charge is -2.69. The fourth-order valence-electron chi connectivity index (χ4n) is 8.35. The molecule has 3 aromatic carbocycles. The van der Waals surface area contributed by atoms with Crippen LogP contribution in [0.3, 0.4) is 0 Å². The molecule has 0 fully saturated rings. The van der Waals surface area contributed by atoms with Crippen LogP contribution in [-0.2, 0) is 5.41 Å². The van der Waals surface area contributed by atoms with Gasteiger partial charge < -0.3 is 19.6 Å². The molecule has 1 aromatic heterocycles. The zero-order valence-electron chi connectivity index (χ0n) is 22.2. The summed E-state index contributed by atoms with van der Waals surface area (Å²) in [5, 5.41) is 0. The molecule has 4 aromatic rings. The molecule has 0 spiro atoms. The van der Waals surface area contributed by atoms with E-state index < -0.39 is 0 Å². The van der Waals surface area contributed by atoms with Crippen molar-refractivity contribution in [1.29, 1.82) is 0 Å². The average Bonchev–Trinajstić information content (AvgIpc) is 3.54. The van der Waals surface area contributed by atoms with Gasteiger partial charge in [-0.15, -0.1) is 0 Å². The molecule has 190 valence electrons. The van der Waals surface area contributed by atoms with E-state index in [1.165, 1.54) is 33.6 Å². The normalized spacial score (nSPS) is 28.7. The van der Waals surface area contributed by atoms with E-state index in [4.69, 9.17) is 9.97 Å². The van der Waals surface area contributed by atoms with Gasteiger partial charge in [-0.1, -0.05) is 68.4 Å². The Kier molecular flexibility index (Phi) is 3.77. The predicted octanol–water partition coefficient (Wildman–Crippen LogP) is 6.40. The molecule has 5 aliphatic rings. The summed E-state index contributed by atoms with van der Waals surface area (Å²) in [4.78, 5) is 19.6. The molecular weight excluding hydrogens is 480 g/mol. The van der Waals surface area contributed by atoms with Crippen LogP contribution >= 0.6 is 0 Å². The van der Waals surface area contributed by atoms with E-state index in [-0.39, 0.29) is 23.2 Å². The maximum absolute atomic E-state index is 4.95. The molecule has 0 radical (unpaired) electrons. The molecule has 6 heteroatoms. The van der Waals surface area contributed by atoms with Crippen LogP contribution in [-0.4, -0.2) is 34.2 Å². The van der Waals surface area contributed by atoms with Gasteiger partial charge in [0.25, 0.3) is 0 Å². The van der Waals surface area contributed by atoms with Crippen LogP contribution in [0.1, 0.15) is 25.0 Å². The Labute approximate surface area is 228 Å². The second-order valence-electron chi connectivity index (χ2n) is 11.5. The highest BCUT2D eigenvalue weighted by Gasteiger charge is 2.74. The Hall–Kier alpha value is -4.58. The van der Waals surface area contributed by atoms with Crippen LogP contribution < -0.4 is 14.7 Å². The molecule has 4 atom stereocenters. The number of hydrogen-bond acceptors (Lipinski definition) is 6. The summed E-state index contributed by atoms with van der Waals surface area (Å²) in [5.74, 6) is 1.83. The maximum Gasteiger partial charge on any atom is 0.178 e. The first-order valence-electron chi connectivity index (χ1n) is 13.6. The summed E-state index contributed by atoms with van der Waals surface area (Å²) in [6.07, 6.45) is 8.19. The van der Waals surface area contributed by atoms with Crippen molar-refractivity contribution in [1.82, 2.24) is 14.9 Å². The SMILES string of the molecule is CN1C=CN2c3ccccc3C3=C(C12)C1(C)C2N(c4ccccc4)c4nccnc4N2c2ccccc2C31C. The van der Waals surface area contributed by atoms with E-state index in [1.54, 1.807) is 0 Å². The third kappa shape index (κ3) is 2.20. The minimum atomic E-state index is -0.258. The molecule has 0 saturated carbocycles. The highest BCUT2D eigenvalue weighted by Crippen LogP contribution is 2.76. The number of anilines is 5. The van der Waals surface area contributed by atoms with Gasteiger partial charge in [0, 0.05) is 59.6 Å². The van der Waals surface area contributed by atoms with Crippen LogP contribution in [0.25, 0.3) is 5.57 Å². The van der Waals surface area contributed by atoms with Crippen LogP contribution in [0.5, 0.6) is 0 Å². The number of benzene rings is 3. The Balaban J connectivity index is 1.41. The van der Waals surface area contributed by atoms with Crippen LogP contribution in [0.15, 0.2) is 109 Å². The summed E-state index contributed by atoms with van der Waals surface area (Å²) in [5.41, 5.74) is 8.79. The van der Waals surface area contributed by atoms with Crippen LogP contribution in [0.2, 0.25) is 0 Å². The summed E-state index contributed by atoms with van der Waals surface area (Å²) in [6, 6.07) is 28.6. The number of likely N-dealkylation sites (N-methyl/N-ethyl adjacent to an activating group) is 1. The molecule has 4 aliphatic heterocycles. The van der Waals surface area contributed by atoms with Crippen molar-refractivity contribution in [3.8, 4) is 0 Å². The molecule has 0 saturated heterocycles.